The molecule has 1 unspecified atom stereocenters. The van der Waals surface area contributed by atoms with Crippen LogP contribution in [0, 0.1) is 0 Å². The molecule has 3 aromatic carbocycles. The number of hydrogen-bond acceptors (Lipinski definition) is 3. The van der Waals surface area contributed by atoms with Crippen LogP contribution in [0.25, 0.3) is 0 Å². The zero-order valence-electron chi connectivity index (χ0n) is 15.3. The Hall–Kier alpha value is -3.27. The van der Waals surface area contributed by atoms with E-state index in [-0.39, 0.29) is 11.9 Å². The minimum atomic E-state index is -0.161. The van der Waals surface area contributed by atoms with Gasteiger partial charge in [-0.1, -0.05) is 60.7 Å². The fourth-order valence-electron chi connectivity index (χ4n) is 2.71. The number of amides is 1. The highest BCUT2D eigenvalue weighted by atomic mass is 16.5. The van der Waals surface area contributed by atoms with Crippen LogP contribution in [0.15, 0.2) is 84.9 Å². The van der Waals surface area contributed by atoms with Crippen LogP contribution >= 0.6 is 0 Å². The van der Waals surface area contributed by atoms with E-state index in [2.05, 4.69) is 5.32 Å². The van der Waals surface area contributed by atoms with E-state index >= 15 is 0 Å². The Balaban J connectivity index is 1.57. The molecule has 0 radical (unpaired) electrons. The molecule has 0 aliphatic heterocycles. The summed E-state index contributed by atoms with van der Waals surface area (Å²) in [6.07, 6.45) is 0. The molecular formula is C23H23NO3. The third-order valence-electron chi connectivity index (χ3n) is 4.13. The maximum absolute atomic E-state index is 12.7. The smallest absolute Gasteiger partial charge is 0.255 e. The molecule has 1 amide bonds. The molecule has 1 atom stereocenters. The van der Waals surface area contributed by atoms with E-state index < -0.39 is 0 Å². The summed E-state index contributed by atoms with van der Waals surface area (Å²) in [7, 11) is 0. The zero-order valence-corrected chi connectivity index (χ0v) is 15.3. The minimum Gasteiger partial charge on any atom is -0.490 e. The van der Waals surface area contributed by atoms with Gasteiger partial charge in [-0.05, 0) is 36.8 Å². The number of benzene rings is 3. The summed E-state index contributed by atoms with van der Waals surface area (Å²) >= 11 is 0. The quantitative estimate of drug-likeness (QED) is 0.595. The Kier molecular flexibility index (Phi) is 6.47. The van der Waals surface area contributed by atoms with E-state index in [1.54, 1.807) is 12.1 Å². The first kappa shape index (κ1) is 18.5. The summed E-state index contributed by atoms with van der Waals surface area (Å²) in [6, 6.07) is 26.6. The molecule has 0 heterocycles. The number of hydrogen-bond donors (Lipinski definition) is 1. The molecule has 27 heavy (non-hydrogen) atoms. The van der Waals surface area contributed by atoms with Gasteiger partial charge in [0.2, 0.25) is 0 Å². The summed E-state index contributed by atoms with van der Waals surface area (Å²) < 4.78 is 11.4. The first-order valence-corrected chi connectivity index (χ1v) is 8.99. The number of carbonyl (C=O) groups excluding carboxylic acids is 1. The van der Waals surface area contributed by atoms with Gasteiger partial charge >= 0.3 is 0 Å². The fraction of sp³-hybridized carbons (Fsp3) is 0.174. The summed E-state index contributed by atoms with van der Waals surface area (Å²) in [6.45, 7) is 2.72. The van der Waals surface area contributed by atoms with Crippen LogP contribution in [-0.4, -0.2) is 19.1 Å². The van der Waals surface area contributed by atoms with Gasteiger partial charge in [0, 0.05) is 0 Å². The second kappa shape index (κ2) is 9.43. The Labute approximate surface area is 159 Å². The lowest BCUT2D eigenvalue weighted by Crippen LogP contribution is -2.27. The molecule has 138 valence electrons. The number of nitrogens with one attached hydrogen (secondary N) is 1. The summed E-state index contributed by atoms with van der Waals surface area (Å²) in [5, 5.41) is 3.02. The maximum atomic E-state index is 12.7. The van der Waals surface area contributed by atoms with Crippen molar-refractivity contribution >= 4 is 5.91 Å². The van der Waals surface area contributed by atoms with Crippen LogP contribution < -0.4 is 14.8 Å². The normalized spacial score (nSPS) is 11.4. The molecule has 0 aliphatic rings. The SMILES string of the molecule is CC(NC(=O)c1ccccc1OCCOc1ccccc1)c1ccccc1. The van der Waals surface area contributed by atoms with Gasteiger partial charge in [-0.2, -0.15) is 0 Å². The third-order valence-corrected chi connectivity index (χ3v) is 4.13. The Morgan fingerprint density at radius 3 is 2.15 bits per heavy atom. The van der Waals surface area contributed by atoms with E-state index in [0.29, 0.717) is 24.5 Å². The molecule has 0 saturated heterocycles. The molecule has 0 aromatic heterocycles. The van der Waals surface area contributed by atoms with Crippen molar-refractivity contribution in [3.63, 3.8) is 0 Å². The molecule has 4 heteroatoms. The van der Waals surface area contributed by atoms with Crippen LogP contribution in [0.4, 0.5) is 0 Å². The summed E-state index contributed by atoms with van der Waals surface area (Å²) in [5.74, 6) is 1.18. The van der Waals surface area contributed by atoms with Crippen molar-refractivity contribution in [2.45, 2.75) is 13.0 Å². The minimum absolute atomic E-state index is 0.0897. The summed E-state index contributed by atoms with van der Waals surface area (Å²) in [4.78, 5) is 12.7. The fourth-order valence-corrected chi connectivity index (χ4v) is 2.71. The van der Waals surface area contributed by atoms with Crippen molar-refractivity contribution in [2.24, 2.45) is 0 Å². The van der Waals surface area contributed by atoms with E-state index in [1.807, 2.05) is 79.7 Å². The lowest BCUT2D eigenvalue weighted by Gasteiger charge is -2.16. The summed E-state index contributed by atoms with van der Waals surface area (Å²) in [5.41, 5.74) is 1.57. The monoisotopic (exact) mass is 361 g/mol. The van der Waals surface area contributed by atoms with Crippen molar-refractivity contribution in [3.8, 4) is 11.5 Å². The van der Waals surface area contributed by atoms with E-state index in [9.17, 15) is 4.79 Å². The van der Waals surface area contributed by atoms with Gasteiger partial charge in [-0.15, -0.1) is 0 Å². The second-order valence-electron chi connectivity index (χ2n) is 6.11. The molecule has 0 bridgehead atoms. The third kappa shape index (κ3) is 5.35. The van der Waals surface area contributed by atoms with Crippen LogP contribution in [0.3, 0.4) is 0 Å². The average Bonchev–Trinajstić information content (AvgIpc) is 2.73. The Bertz CT molecular complexity index is 850. The van der Waals surface area contributed by atoms with Crippen LogP contribution in [-0.2, 0) is 0 Å². The largest absolute Gasteiger partial charge is 0.490 e. The van der Waals surface area contributed by atoms with Gasteiger partial charge in [0.1, 0.15) is 24.7 Å². The molecule has 0 saturated carbocycles. The predicted molar refractivity (Wildman–Crippen MR) is 106 cm³/mol. The van der Waals surface area contributed by atoms with Crippen molar-refractivity contribution in [3.05, 3.63) is 96.1 Å². The van der Waals surface area contributed by atoms with Gasteiger partial charge in [-0.25, -0.2) is 0 Å². The molecule has 0 fully saturated rings. The van der Waals surface area contributed by atoms with Crippen LogP contribution in [0.2, 0.25) is 0 Å². The van der Waals surface area contributed by atoms with Crippen LogP contribution in [0.1, 0.15) is 28.9 Å². The molecule has 3 aromatic rings. The molecule has 3 rings (SSSR count). The molecule has 0 spiro atoms. The first-order valence-electron chi connectivity index (χ1n) is 8.99. The lowest BCUT2D eigenvalue weighted by molar-refractivity contribution is 0.0934. The number of ether oxygens (including phenoxy) is 2. The van der Waals surface area contributed by atoms with Gasteiger partial charge < -0.3 is 14.8 Å². The molecule has 1 N–H and O–H groups in total. The van der Waals surface area contributed by atoms with E-state index in [0.717, 1.165) is 11.3 Å². The number of carbonyl (C=O) groups is 1. The molecular weight excluding hydrogens is 338 g/mol. The van der Waals surface area contributed by atoms with Gasteiger partial charge in [0.05, 0.1) is 11.6 Å². The molecule has 0 aliphatic carbocycles. The number of rotatable bonds is 8. The highest BCUT2D eigenvalue weighted by Crippen LogP contribution is 2.20. The highest BCUT2D eigenvalue weighted by Gasteiger charge is 2.15. The first-order chi connectivity index (χ1) is 13.2. The Morgan fingerprint density at radius 1 is 0.815 bits per heavy atom. The van der Waals surface area contributed by atoms with Crippen molar-refractivity contribution in [2.75, 3.05) is 13.2 Å². The highest BCUT2D eigenvalue weighted by molar-refractivity contribution is 5.97. The predicted octanol–water partition coefficient (Wildman–Crippen LogP) is 4.64. The van der Waals surface area contributed by atoms with E-state index in [4.69, 9.17) is 9.47 Å². The van der Waals surface area contributed by atoms with E-state index in [1.165, 1.54) is 0 Å². The van der Waals surface area contributed by atoms with Crippen LogP contribution in [0.5, 0.6) is 11.5 Å². The van der Waals surface area contributed by atoms with Crippen molar-refractivity contribution < 1.29 is 14.3 Å². The zero-order chi connectivity index (χ0) is 18.9. The second-order valence-corrected chi connectivity index (χ2v) is 6.11. The average molecular weight is 361 g/mol. The van der Waals surface area contributed by atoms with Gasteiger partial charge in [0.25, 0.3) is 5.91 Å². The topological polar surface area (TPSA) is 47.6 Å². The lowest BCUT2D eigenvalue weighted by atomic mass is 10.1. The van der Waals surface area contributed by atoms with Crippen molar-refractivity contribution in [1.29, 1.82) is 0 Å². The van der Waals surface area contributed by atoms with Gasteiger partial charge in [-0.3, -0.25) is 4.79 Å². The number of para-hydroxylation sites is 2. The van der Waals surface area contributed by atoms with Gasteiger partial charge in [0.15, 0.2) is 0 Å². The molecule has 4 nitrogen and oxygen atoms in total. The Morgan fingerprint density at radius 2 is 1.41 bits per heavy atom. The maximum Gasteiger partial charge on any atom is 0.255 e. The van der Waals surface area contributed by atoms with Crippen molar-refractivity contribution in [1.82, 2.24) is 5.32 Å². The standard InChI is InChI=1S/C23H23NO3/c1-18(19-10-4-2-5-11-19)24-23(25)21-14-8-9-15-22(21)27-17-16-26-20-12-6-3-7-13-20/h2-15,18H,16-17H2,1H3,(H,24,25).